The Kier molecular flexibility index (Phi) is 7.96. The summed E-state index contributed by atoms with van der Waals surface area (Å²) in [6.07, 6.45) is 4.88. The van der Waals surface area contributed by atoms with Crippen LogP contribution >= 0.6 is 11.8 Å². The van der Waals surface area contributed by atoms with Gasteiger partial charge in [0.25, 0.3) is 5.24 Å². The van der Waals surface area contributed by atoms with E-state index in [2.05, 4.69) is 5.32 Å². The maximum atomic E-state index is 12.4. The highest BCUT2D eigenvalue weighted by Crippen LogP contribution is 2.37. The number of rotatable bonds is 1. The van der Waals surface area contributed by atoms with Gasteiger partial charge in [-0.25, -0.2) is 4.79 Å². The predicted octanol–water partition coefficient (Wildman–Crippen LogP) is 2.23. The molecular weight excluding hydrogens is 422 g/mol. The van der Waals surface area contributed by atoms with Crippen LogP contribution in [0, 0.1) is 5.92 Å². The highest BCUT2D eigenvalue weighted by molar-refractivity contribution is 8.14. The maximum Gasteiger partial charge on any atom is 0.330 e. The Labute approximate surface area is 186 Å². The number of ether oxygens (including phenoxy) is 2. The Morgan fingerprint density at radius 3 is 2.68 bits per heavy atom. The SMILES string of the molecule is CC1=CC(=O)OC2CC(CCC(C)C(=O)C=CC(O)CC1)OC(O)(C1CSC(=O)N1)C2. The van der Waals surface area contributed by atoms with Crippen molar-refractivity contribution in [2.45, 2.75) is 82.5 Å². The average molecular weight is 454 g/mol. The lowest BCUT2D eigenvalue weighted by Crippen LogP contribution is -2.58. The molecule has 2 bridgehead atoms. The molecule has 3 rings (SSSR count). The number of thioether (sulfide) groups is 1. The number of hydrogen-bond donors (Lipinski definition) is 3. The molecule has 31 heavy (non-hydrogen) atoms. The van der Waals surface area contributed by atoms with Crippen molar-refractivity contribution in [3.63, 3.8) is 0 Å². The van der Waals surface area contributed by atoms with Crippen molar-refractivity contribution >= 4 is 28.8 Å². The zero-order valence-corrected chi connectivity index (χ0v) is 18.7. The van der Waals surface area contributed by atoms with Crippen LogP contribution in [0.25, 0.3) is 0 Å². The number of aliphatic hydroxyl groups is 2. The molecule has 8 nitrogen and oxygen atoms in total. The molecule has 0 spiro atoms. The minimum Gasteiger partial charge on any atom is -0.459 e. The third kappa shape index (κ3) is 6.65. The zero-order valence-electron chi connectivity index (χ0n) is 17.9. The Morgan fingerprint density at radius 2 is 1.97 bits per heavy atom. The van der Waals surface area contributed by atoms with Crippen molar-refractivity contribution in [3.05, 3.63) is 23.8 Å². The summed E-state index contributed by atoms with van der Waals surface area (Å²) in [5.41, 5.74) is 0.752. The van der Waals surface area contributed by atoms with Gasteiger partial charge in [0, 0.05) is 30.6 Å². The highest BCUT2D eigenvalue weighted by atomic mass is 32.2. The minimum absolute atomic E-state index is 0.0591. The van der Waals surface area contributed by atoms with Crippen molar-refractivity contribution in [1.29, 1.82) is 0 Å². The second-order valence-electron chi connectivity index (χ2n) is 8.72. The van der Waals surface area contributed by atoms with Crippen LogP contribution in [0.4, 0.5) is 4.79 Å². The number of carbonyl (C=O) groups excluding carboxylic acids is 3. The Bertz CT molecular complexity index is 767. The number of amides is 1. The van der Waals surface area contributed by atoms with Crippen molar-refractivity contribution in [1.82, 2.24) is 5.32 Å². The summed E-state index contributed by atoms with van der Waals surface area (Å²) >= 11 is 1.08. The van der Waals surface area contributed by atoms with E-state index in [0.29, 0.717) is 37.9 Å². The fraction of sp³-hybridized carbons (Fsp3) is 0.682. The zero-order chi connectivity index (χ0) is 22.6. The van der Waals surface area contributed by atoms with Gasteiger partial charge in [0.2, 0.25) is 0 Å². The van der Waals surface area contributed by atoms with Crippen LogP contribution in [-0.2, 0) is 19.1 Å². The summed E-state index contributed by atoms with van der Waals surface area (Å²) in [4.78, 5) is 36.5. The van der Waals surface area contributed by atoms with E-state index in [1.54, 1.807) is 6.92 Å². The topological polar surface area (TPSA) is 122 Å². The van der Waals surface area contributed by atoms with E-state index >= 15 is 0 Å². The molecule has 0 aromatic carbocycles. The molecule has 0 saturated carbocycles. The van der Waals surface area contributed by atoms with Gasteiger partial charge in [-0.2, -0.15) is 0 Å². The van der Waals surface area contributed by atoms with Crippen LogP contribution in [-0.4, -0.2) is 63.1 Å². The predicted molar refractivity (Wildman–Crippen MR) is 115 cm³/mol. The molecular formula is C22H31NO7S. The molecule has 0 aromatic rings. The first kappa shape index (κ1) is 24.0. The van der Waals surface area contributed by atoms with E-state index in [9.17, 15) is 24.6 Å². The maximum absolute atomic E-state index is 12.4. The number of carbonyl (C=O) groups is 3. The smallest absolute Gasteiger partial charge is 0.330 e. The first-order valence-electron chi connectivity index (χ1n) is 10.8. The monoisotopic (exact) mass is 453 g/mol. The third-order valence-electron chi connectivity index (χ3n) is 6.01. The largest absolute Gasteiger partial charge is 0.459 e. The van der Waals surface area contributed by atoms with Crippen molar-refractivity contribution < 1.29 is 34.1 Å². The Hall–Kier alpha value is -1.68. The van der Waals surface area contributed by atoms with Gasteiger partial charge in [-0.05, 0) is 38.7 Å². The van der Waals surface area contributed by atoms with Crippen LogP contribution in [0.2, 0.25) is 0 Å². The molecule has 1 amide bonds. The fourth-order valence-corrected chi connectivity index (χ4v) is 4.99. The summed E-state index contributed by atoms with van der Waals surface area (Å²) in [5.74, 6) is -2.14. The fourth-order valence-electron chi connectivity index (χ4n) is 4.10. The number of hydrogen-bond acceptors (Lipinski definition) is 8. The number of ketones is 1. The Balaban J connectivity index is 1.80. The molecule has 0 aliphatic carbocycles. The van der Waals surface area contributed by atoms with Gasteiger partial charge in [-0.3, -0.25) is 9.59 Å². The second-order valence-corrected chi connectivity index (χ2v) is 9.71. The lowest BCUT2D eigenvalue weighted by atomic mass is 9.89. The molecule has 3 heterocycles. The van der Waals surface area contributed by atoms with Crippen LogP contribution in [0.5, 0.6) is 0 Å². The van der Waals surface area contributed by atoms with Crippen LogP contribution in [0.1, 0.15) is 52.4 Å². The van der Waals surface area contributed by atoms with E-state index in [0.717, 1.165) is 17.3 Å². The van der Waals surface area contributed by atoms with Crippen molar-refractivity contribution in [2.75, 3.05) is 5.75 Å². The first-order valence-corrected chi connectivity index (χ1v) is 11.7. The quantitative estimate of drug-likeness (QED) is 0.517. The van der Waals surface area contributed by atoms with Gasteiger partial charge in [-0.15, -0.1) is 0 Å². The summed E-state index contributed by atoms with van der Waals surface area (Å²) in [5, 5.41) is 23.8. The normalized spacial score (nSPS) is 38.4. The number of nitrogens with one attached hydrogen (secondary N) is 1. The number of aliphatic hydroxyl groups excluding tert-OH is 1. The van der Waals surface area contributed by atoms with Gasteiger partial charge in [0.1, 0.15) is 6.10 Å². The van der Waals surface area contributed by atoms with Gasteiger partial charge >= 0.3 is 5.97 Å². The summed E-state index contributed by atoms with van der Waals surface area (Å²) in [6.45, 7) is 3.60. The van der Waals surface area contributed by atoms with Crippen molar-refractivity contribution in [3.8, 4) is 0 Å². The average Bonchev–Trinajstić information content (AvgIpc) is 3.14. The first-order chi connectivity index (χ1) is 14.6. The summed E-state index contributed by atoms with van der Waals surface area (Å²) < 4.78 is 11.6. The molecule has 6 atom stereocenters. The third-order valence-corrected chi connectivity index (χ3v) is 6.89. The van der Waals surface area contributed by atoms with Gasteiger partial charge < -0.3 is 25.0 Å². The van der Waals surface area contributed by atoms with Gasteiger partial charge in [0.05, 0.1) is 18.2 Å². The molecule has 3 aliphatic rings. The second kappa shape index (κ2) is 10.3. The molecule has 3 aliphatic heterocycles. The van der Waals surface area contributed by atoms with Gasteiger partial charge in [-0.1, -0.05) is 30.3 Å². The lowest BCUT2D eigenvalue weighted by Gasteiger charge is -2.43. The summed E-state index contributed by atoms with van der Waals surface area (Å²) in [6, 6.07) is -0.597. The molecule has 2 saturated heterocycles. The molecule has 2 fully saturated rings. The van der Waals surface area contributed by atoms with E-state index in [4.69, 9.17) is 9.47 Å². The standard InChI is InChI=1S/C22H31NO7S/c1-13-3-5-15(24)6-8-18(25)14(2)4-7-16-10-17(29-20(26)9-13)11-22(28,30-16)19-12-31-21(27)23-19/h6,8-9,14-17,19,24,28H,3-5,7,10-12H2,1-2H3,(H,23,27). The van der Waals surface area contributed by atoms with E-state index < -0.39 is 36.1 Å². The minimum atomic E-state index is -1.64. The molecule has 0 aromatic heterocycles. The summed E-state index contributed by atoms with van der Waals surface area (Å²) in [7, 11) is 0. The van der Waals surface area contributed by atoms with Crippen LogP contribution in [0.15, 0.2) is 23.8 Å². The van der Waals surface area contributed by atoms with E-state index in [1.165, 1.54) is 18.2 Å². The van der Waals surface area contributed by atoms with Crippen molar-refractivity contribution in [2.24, 2.45) is 5.92 Å². The molecule has 9 heteroatoms. The Morgan fingerprint density at radius 1 is 1.19 bits per heavy atom. The van der Waals surface area contributed by atoms with Gasteiger partial charge in [0.15, 0.2) is 11.6 Å². The highest BCUT2D eigenvalue weighted by Gasteiger charge is 2.49. The molecule has 172 valence electrons. The molecule has 6 unspecified atom stereocenters. The van der Waals surface area contributed by atoms with E-state index in [1.807, 2.05) is 6.92 Å². The number of allylic oxidation sites excluding steroid dienone is 2. The number of esters is 1. The molecule has 3 N–H and O–H groups in total. The van der Waals surface area contributed by atoms with Crippen LogP contribution in [0.3, 0.4) is 0 Å². The van der Waals surface area contributed by atoms with Crippen LogP contribution < -0.4 is 5.32 Å². The molecule has 0 radical (unpaired) electrons. The van der Waals surface area contributed by atoms with E-state index in [-0.39, 0.29) is 23.4 Å². The lowest BCUT2D eigenvalue weighted by molar-refractivity contribution is -0.283. The number of fused-ring (bicyclic) bond motifs is 2.